The normalized spacial score (nSPS) is 19.4. The first-order valence-corrected chi connectivity index (χ1v) is 11.6. The van der Waals surface area contributed by atoms with Gasteiger partial charge in [-0.05, 0) is 73.8 Å². The highest BCUT2D eigenvalue weighted by Crippen LogP contribution is 2.62. The van der Waals surface area contributed by atoms with E-state index in [1.807, 2.05) is 18.2 Å². The van der Waals surface area contributed by atoms with Crippen LogP contribution in [0.2, 0.25) is 10.0 Å². The summed E-state index contributed by atoms with van der Waals surface area (Å²) in [5.74, 6) is 0.495. The standard InChI is InChI=1S/C21H24Cl2O3S/c1-4-16(27(3,24)25)7-5-6-14-12-21(8-9-21)13-17(14)15-10-18(22)20(26-2)19(23)11-15/h4-5,7,10-11H,6,8-9,12-13H2,1-3H3/b7-5-,16-4+. The molecule has 1 fully saturated rings. The minimum Gasteiger partial charge on any atom is -0.494 e. The van der Waals surface area contributed by atoms with Gasteiger partial charge in [0, 0.05) is 6.26 Å². The molecule has 3 rings (SSSR count). The molecule has 0 aliphatic heterocycles. The average Bonchev–Trinajstić information content (AvgIpc) is 3.22. The average molecular weight is 427 g/mol. The number of hydrogen-bond acceptors (Lipinski definition) is 3. The van der Waals surface area contributed by atoms with Crippen molar-refractivity contribution in [3.63, 3.8) is 0 Å². The maximum absolute atomic E-state index is 11.8. The Morgan fingerprint density at radius 2 is 1.85 bits per heavy atom. The molecule has 0 saturated heterocycles. The molecule has 3 nitrogen and oxygen atoms in total. The van der Waals surface area contributed by atoms with Gasteiger partial charge in [0.15, 0.2) is 15.6 Å². The van der Waals surface area contributed by atoms with Gasteiger partial charge in [-0.15, -0.1) is 0 Å². The summed E-state index contributed by atoms with van der Waals surface area (Å²) in [6.07, 6.45) is 11.8. The fourth-order valence-corrected chi connectivity index (χ4v) is 5.25. The van der Waals surface area contributed by atoms with E-state index < -0.39 is 9.84 Å². The maximum Gasteiger partial charge on any atom is 0.175 e. The largest absolute Gasteiger partial charge is 0.494 e. The summed E-state index contributed by atoms with van der Waals surface area (Å²) in [5.41, 5.74) is 4.04. The number of methoxy groups -OCH3 is 1. The number of ether oxygens (including phenoxy) is 1. The van der Waals surface area contributed by atoms with E-state index >= 15 is 0 Å². The Hall–Kier alpha value is -1.23. The first-order chi connectivity index (χ1) is 12.7. The zero-order chi connectivity index (χ0) is 19.8. The topological polar surface area (TPSA) is 43.4 Å². The Balaban J connectivity index is 1.91. The van der Waals surface area contributed by atoms with Crippen LogP contribution in [0.4, 0.5) is 0 Å². The molecule has 1 spiro atoms. The van der Waals surface area contributed by atoms with Crippen LogP contribution in [0.15, 0.2) is 40.8 Å². The lowest BCUT2D eigenvalue weighted by atomic mass is 9.98. The summed E-state index contributed by atoms with van der Waals surface area (Å²) < 4.78 is 28.8. The van der Waals surface area contributed by atoms with E-state index in [0.717, 1.165) is 24.8 Å². The highest BCUT2D eigenvalue weighted by atomic mass is 35.5. The van der Waals surface area contributed by atoms with Crippen molar-refractivity contribution in [1.29, 1.82) is 0 Å². The molecule has 0 heterocycles. The maximum atomic E-state index is 11.8. The van der Waals surface area contributed by atoms with Crippen LogP contribution >= 0.6 is 23.2 Å². The molecular weight excluding hydrogens is 403 g/mol. The predicted molar refractivity (Wildman–Crippen MR) is 113 cm³/mol. The highest BCUT2D eigenvalue weighted by Gasteiger charge is 2.47. The van der Waals surface area contributed by atoms with Crippen LogP contribution in [0, 0.1) is 5.41 Å². The number of rotatable bonds is 6. The van der Waals surface area contributed by atoms with E-state index in [0.29, 0.717) is 26.1 Å². The number of hydrogen-bond donors (Lipinski definition) is 0. The molecule has 146 valence electrons. The Bertz CT molecular complexity index is 929. The van der Waals surface area contributed by atoms with Crippen LogP contribution in [-0.2, 0) is 9.84 Å². The van der Waals surface area contributed by atoms with Crippen molar-refractivity contribution in [1.82, 2.24) is 0 Å². The molecule has 2 aliphatic carbocycles. The Morgan fingerprint density at radius 3 is 2.33 bits per heavy atom. The summed E-state index contributed by atoms with van der Waals surface area (Å²) in [6, 6.07) is 3.83. The van der Waals surface area contributed by atoms with Crippen LogP contribution in [-0.4, -0.2) is 21.8 Å². The van der Waals surface area contributed by atoms with Crippen molar-refractivity contribution < 1.29 is 13.2 Å². The fraction of sp³-hybridized carbons (Fsp3) is 0.429. The first-order valence-electron chi connectivity index (χ1n) is 8.96. The number of allylic oxidation sites excluding steroid dienone is 5. The van der Waals surface area contributed by atoms with Crippen molar-refractivity contribution in [2.45, 2.75) is 39.0 Å². The van der Waals surface area contributed by atoms with Gasteiger partial charge in [0.05, 0.1) is 22.1 Å². The van der Waals surface area contributed by atoms with E-state index in [1.165, 1.54) is 30.2 Å². The van der Waals surface area contributed by atoms with Gasteiger partial charge in [-0.2, -0.15) is 0 Å². The van der Waals surface area contributed by atoms with E-state index in [2.05, 4.69) is 0 Å². The van der Waals surface area contributed by atoms with Gasteiger partial charge in [0.25, 0.3) is 0 Å². The number of halogens is 2. The summed E-state index contributed by atoms with van der Waals surface area (Å²) in [4.78, 5) is 0.347. The van der Waals surface area contributed by atoms with Gasteiger partial charge in [-0.1, -0.05) is 40.9 Å². The van der Waals surface area contributed by atoms with Crippen LogP contribution in [0.3, 0.4) is 0 Å². The van der Waals surface area contributed by atoms with Crippen molar-refractivity contribution in [3.05, 3.63) is 56.4 Å². The van der Waals surface area contributed by atoms with Crippen LogP contribution in [0.1, 0.15) is 44.6 Å². The molecular formula is C21H24Cl2O3S. The lowest BCUT2D eigenvalue weighted by Crippen LogP contribution is -1.97. The Labute approximate surface area is 171 Å². The third-order valence-electron chi connectivity index (χ3n) is 5.43. The molecule has 0 N–H and O–H groups in total. The second kappa shape index (κ2) is 7.65. The van der Waals surface area contributed by atoms with Crippen molar-refractivity contribution in [2.75, 3.05) is 13.4 Å². The Morgan fingerprint density at radius 1 is 1.22 bits per heavy atom. The van der Waals surface area contributed by atoms with Crippen LogP contribution < -0.4 is 4.74 Å². The van der Waals surface area contributed by atoms with Gasteiger partial charge in [0.1, 0.15) is 0 Å². The van der Waals surface area contributed by atoms with Gasteiger partial charge in [0.2, 0.25) is 0 Å². The molecule has 1 saturated carbocycles. The van der Waals surface area contributed by atoms with E-state index in [4.69, 9.17) is 27.9 Å². The monoisotopic (exact) mass is 426 g/mol. The smallest absolute Gasteiger partial charge is 0.175 e. The molecule has 0 amide bonds. The number of sulfone groups is 1. The van der Waals surface area contributed by atoms with E-state index in [-0.39, 0.29) is 0 Å². The molecule has 1 aromatic rings. The predicted octanol–water partition coefficient (Wildman–Crippen LogP) is 6.22. The van der Waals surface area contributed by atoms with Crippen LogP contribution in [0.25, 0.3) is 5.57 Å². The zero-order valence-electron chi connectivity index (χ0n) is 15.8. The van der Waals surface area contributed by atoms with Gasteiger partial charge >= 0.3 is 0 Å². The molecule has 0 bridgehead atoms. The molecule has 2 aliphatic rings. The van der Waals surface area contributed by atoms with Gasteiger partial charge < -0.3 is 4.74 Å². The highest BCUT2D eigenvalue weighted by molar-refractivity contribution is 7.94. The molecule has 0 radical (unpaired) electrons. The van der Waals surface area contributed by atoms with Crippen molar-refractivity contribution in [3.8, 4) is 5.75 Å². The zero-order valence-corrected chi connectivity index (χ0v) is 18.1. The Kier molecular flexibility index (Phi) is 5.81. The fourth-order valence-electron chi connectivity index (χ4n) is 3.83. The minimum absolute atomic E-state index is 0.347. The molecule has 0 unspecified atom stereocenters. The van der Waals surface area contributed by atoms with Gasteiger partial charge in [-0.3, -0.25) is 0 Å². The van der Waals surface area contributed by atoms with Crippen molar-refractivity contribution >= 4 is 38.6 Å². The SMILES string of the molecule is C/C=C(\C=C/CC1=C(c2cc(Cl)c(OC)c(Cl)c2)CC2(CC2)C1)S(C)(=O)=O. The third-order valence-corrected chi connectivity index (χ3v) is 7.22. The molecule has 6 heteroatoms. The quantitative estimate of drug-likeness (QED) is 0.506. The van der Waals surface area contributed by atoms with Crippen molar-refractivity contribution in [2.24, 2.45) is 5.41 Å². The third kappa shape index (κ3) is 4.44. The van der Waals surface area contributed by atoms with E-state index in [1.54, 1.807) is 26.2 Å². The molecule has 1 aromatic carbocycles. The number of benzene rings is 1. The summed E-state index contributed by atoms with van der Waals surface area (Å²) in [6.45, 7) is 1.74. The second-order valence-electron chi connectivity index (χ2n) is 7.48. The van der Waals surface area contributed by atoms with Gasteiger partial charge in [-0.25, -0.2) is 8.42 Å². The van der Waals surface area contributed by atoms with Crippen LogP contribution in [0.5, 0.6) is 5.75 Å². The molecule has 0 aromatic heterocycles. The minimum atomic E-state index is -3.20. The summed E-state index contributed by atoms with van der Waals surface area (Å²) in [7, 11) is -1.64. The lowest BCUT2D eigenvalue weighted by molar-refractivity contribution is 0.415. The molecule has 27 heavy (non-hydrogen) atoms. The summed E-state index contributed by atoms with van der Waals surface area (Å²) in [5, 5.41) is 1.01. The van der Waals surface area contributed by atoms with E-state index in [9.17, 15) is 8.42 Å². The summed E-state index contributed by atoms with van der Waals surface area (Å²) >= 11 is 12.7. The second-order valence-corrected chi connectivity index (χ2v) is 10.3. The molecule has 0 atom stereocenters. The lowest BCUT2D eigenvalue weighted by Gasteiger charge is -2.12. The first kappa shape index (κ1) is 20.5.